The van der Waals surface area contributed by atoms with E-state index in [2.05, 4.69) is 10.2 Å². The molecule has 2 heteroatoms. The molecule has 2 saturated carbocycles. The molecular weight excluding hydrogens is 220 g/mol. The standard InChI is InChI=1S/C16H28N2/c1-3-14(11-17-7-1)15-4-2-8-18(15)16-10-12-5-6-13(16)9-12/h12-17H,1-11H2. The highest BCUT2D eigenvalue weighted by atomic mass is 15.2. The second kappa shape index (κ2) is 4.79. The van der Waals surface area contributed by atoms with Gasteiger partial charge in [0, 0.05) is 12.1 Å². The largest absolute Gasteiger partial charge is 0.316 e. The van der Waals surface area contributed by atoms with Crippen LogP contribution >= 0.6 is 0 Å². The molecule has 2 aliphatic carbocycles. The Labute approximate surface area is 111 Å². The normalized spacial score (nSPS) is 49.0. The Hall–Kier alpha value is -0.0800. The van der Waals surface area contributed by atoms with Gasteiger partial charge in [-0.2, -0.15) is 0 Å². The monoisotopic (exact) mass is 248 g/mol. The average molecular weight is 248 g/mol. The van der Waals surface area contributed by atoms with Crippen molar-refractivity contribution in [3.8, 4) is 0 Å². The average Bonchev–Trinajstić information content (AvgIpc) is 3.15. The molecule has 4 rings (SSSR count). The zero-order valence-electron chi connectivity index (χ0n) is 11.6. The maximum atomic E-state index is 3.63. The molecule has 102 valence electrons. The molecule has 5 atom stereocenters. The molecule has 0 spiro atoms. The van der Waals surface area contributed by atoms with Gasteiger partial charge in [0.2, 0.25) is 0 Å². The molecule has 4 aliphatic rings. The lowest BCUT2D eigenvalue weighted by molar-refractivity contribution is 0.0865. The third-order valence-corrected chi connectivity index (χ3v) is 6.35. The van der Waals surface area contributed by atoms with Gasteiger partial charge in [0.15, 0.2) is 0 Å². The Morgan fingerprint density at radius 3 is 2.56 bits per heavy atom. The predicted molar refractivity (Wildman–Crippen MR) is 74.6 cm³/mol. The van der Waals surface area contributed by atoms with Crippen LogP contribution in [-0.2, 0) is 0 Å². The molecule has 1 N–H and O–H groups in total. The third kappa shape index (κ3) is 1.92. The van der Waals surface area contributed by atoms with Crippen LogP contribution in [0.4, 0.5) is 0 Å². The maximum absolute atomic E-state index is 3.63. The number of hydrogen-bond donors (Lipinski definition) is 1. The van der Waals surface area contributed by atoms with E-state index in [1.165, 1.54) is 45.3 Å². The Morgan fingerprint density at radius 1 is 0.833 bits per heavy atom. The van der Waals surface area contributed by atoms with E-state index in [0.717, 1.165) is 29.8 Å². The van der Waals surface area contributed by atoms with Crippen LogP contribution in [0.25, 0.3) is 0 Å². The van der Waals surface area contributed by atoms with Gasteiger partial charge in [0.1, 0.15) is 0 Å². The first kappa shape index (κ1) is 11.7. The summed E-state index contributed by atoms with van der Waals surface area (Å²) in [6.07, 6.45) is 12.0. The van der Waals surface area contributed by atoms with Crippen LogP contribution in [0.5, 0.6) is 0 Å². The fourth-order valence-corrected chi connectivity index (χ4v) is 5.56. The first-order valence-corrected chi connectivity index (χ1v) is 8.38. The van der Waals surface area contributed by atoms with E-state index >= 15 is 0 Å². The van der Waals surface area contributed by atoms with Crippen molar-refractivity contribution in [1.29, 1.82) is 0 Å². The molecule has 2 saturated heterocycles. The Kier molecular flexibility index (Phi) is 3.12. The highest BCUT2D eigenvalue weighted by molar-refractivity contribution is 5.00. The smallest absolute Gasteiger partial charge is 0.0139 e. The van der Waals surface area contributed by atoms with Gasteiger partial charge in [-0.05, 0) is 82.3 Å². The quantitative estimate of drug-likeness (QED) is 0.808. The van der Waals surface area contributed by atoms with Crippen LogP contribution in [0, 0.1) is 17.8 Å². The van der Waals surface area contributed by atoms with Crippen LogP contribution in [0.3, 0.4) is 0 Å². The van der Waals surface area contributed by atoms with Crippen molar-refractivity contribution >= 4 is 0 Å². The molecule has 4 fully saturated rings. The lowest BCUT2D eigenvalue weighted by atomic mass is 9.87. The molecule has 0 amide bonds. The molecule has 0 aromatic rings. The number of hydrogen-bond acceptors (Lipinski definition) is 2. The fraction of sp³-hybridized carbons (Fsp3) is 1.00. The molecule has 5 unspecified atom stereocenters. The predicted octanol–water partition coefficient (Wildman–Crippen LogP) is 2.64. The van der Waals surface area contributed by atoms with Crippen molar-refractivity contribution in [3.63, 3.8) is 0 Å². The van der Waals surface area contributed by atoms with E-state index in [4.69, 9.17) is 0 Å². The van der Waals surface area contributed by atoms with Gasteiger partial charge in [-0.3, -0.25) is 4.90 Å². The molecule has 0 radical (unpaired) electrons. The lowest BCUT2D eigenvalue weighted by Crippen LogP contribution is -2.48. The zero-order chi connectivity index (χ0) is 11.9. The zero-order valence-corrected chi connectivity index (χ0v) is 11.6. The molecule has 0 aromatic heterocycles. The molecule has 0 aromatic carbocycles. The molecule has 18 heavy (non-hydrogen) atoms. The van der Waals surface area contributed by atoms with Crippen LogP contribution in [0.2, 0.25) is 0 Å². The Bertz CT molecular complexity index is 297. The van der Waals surface area contributed by atoms with Crippen molar-refractivity contribution in [1.82, 2.24) is 10.2 Å². The van der Waals surface area contributed by atoms with Crippen LogP contribution in [0.1, 0.15) is 51.4 Å². The van der Waals surface area contributed by atoms with E-state index in [1.54, 1.807) is 25.7 Å². The van der Waals surface area contributed by atoms with Gasteiger partial charge in [0.25, 0.3) is 0 Å². The van der Waals surface area contributed by atoms with Gasteiger partial charge in [-0.25, -0.2) is 0 Å². The number of piperidine rings is 1. The van der Waals surface area contributed by atoms with Gasteiger partial charge in [0.05, 0.1) is 0 Å². The van der Waals surface area contributed by atoms with Gasteiger partial charge >= 0.3 is 0 Å². The summed E-state index contributed by atoms with van der Waals surface area (Å²) in [5.74, 6) is 3.14. The number of likely N-dealkylation sites (tertiary alicyclic amines) is 1. The van der Waals surface area contributed by atoms with Crippen molar-refractivity contribution in [2.45, 2.75) is 63.5 Å². The summed E-state index contributed by atoms with van der Waals surface area (Å²) < 4.78 is 0. The summed E-state index contributed by atoms with van der Waals surface area (Å²) >= 11 is 0. The topological polar surface area (TPSA) is 15.3 Å². The summed E-state index contributed by atoms with van der Waals surface area (Å²) in [5, 5.41) is 3.63. The van der Waals surface area contributed by atoms with E-state index in [1.807, 2.05) is 0 Å². The molecule has 2 nitrogen and oxygen atoms in total. The minimum absolute atomic E-state index is 0.933. The number of nitrogens with one attached hydrogen (secondary N) is 1. The first-order valence-electron chi connectivity index (χ1n) is 8.38. The van der Waals surface area contributed by atoms with E-state index in [-0.39, 0.29) is 0 Å². The van der Waals surface area contributed by atoms with E-state index < -0.39 is 0 Å². The fourth-order valence-electron chi connectivity index (χ4n) is 5.56. The second-order valence-corrected chi connectivity index (χ2v) is 7.30. The lowest BCUT2D eigenvalue weighted by Gasteiger charge is -2.40. The van der Waals surface area contributed by atoms with E-state index in [9.17, 15) is 0 Å². The first-order chi connectivity index (χ1) is 8.92. The van der Waals surface area contributed by atoms with Crippen LogP contribution < -0.4 is 5.32 Å². The SMILES string of the molecule is C1CNCC(C2CCCN2C2CC3CCC2C3)C1. The van der Waals surface area contributed by atoms with Crippen molar-refractivity contribution in [3.05, 3.63) is 0 Å². The Balaban J connectivity index is 1.46. The minimum atomic E-state index is 0.933. The summed E-state index contributed by atoms with van der Waals surface area (Å²) in [6.45, 7) is 3.97. The molecule has 2 aliphatic heterocycles. The third-order valence-electron chi connectivity index (χ3n) is 6.35. The van der Waals surface area contributed by atoms with Crippen LogP contribution in [-0.4, -0.2) is 36.6 Å². The second-order valence-electron chi connectivity index (χ2n) is 7.30. The number of rotatable bonds is 2. The van der Waals surface area contributed by atoms with Crippen molar-refractivity contribution in [2.75, 3.05) is 19.6 Å². The highest BCUT2D eigenvalue weighted by Gasteiger charge is 2.46. The number of nitrogens with zero attached hydrogens (tertiary/aromatic N) is 1. The summed E-state index contributed by atoms with van der Waals surface area (Å²) in [5.41, 5.74) is 0. The van der Waals surface area contributed by atoms with E-state index in [0.29, 0.717) is 0 Å². The van der Waals surface area contributed by atoms with Gasteiger partial charge in [-0.15, -0.1) is 0 Å². The van der Waals surface area contributed by atoms with Crippen molar-refractivity contribution in [2.24, 2.45) is 17.8 Å². The highest BCUT2D eigenvalue weighted by Crippen LogP contribution is 2.48. The molecular formula is C16H28N2. The van der Waals surface area contributed by atoms with Gasteiger partial charge in [-0.1, -0.05) is 6.42 Å². The summed E-state index contributed by atoms with van der Waals surface area (Å²) in [6, 6.07) is 1.92. The maximum Gasteiger partial charge on any atom is 0.0139 e. The van der Waals surface area contributed by atoms with Crippen molar-refractivity contribution < 1.29 is 0 Å². The number of fused-ring (bicyclic) bond motifs is 2. The molecule has 2 bridgehead atoms. The van der Waals surface area contributed by atoms with Gasteiger partial charge < -0.3 is 5.32 Å². The minimum Gasteiger partial charge on any atom is -0.316 e. The summed E-state index contributed by atoms with van der Waals surface area (Å²) in [4.78, 5) is 2.97. The molecule has 2 heterocycles. The summed E-state index contributed by atoms with van der Waals surface area (Å²) in [7, 11) is 0. The Morgan fingerprint density at radius 2 is 1.83 bits per heavy atom. The van der Waals surface area contributed by atoms with Crippen LogP contribution in [0.15, 0.2) is 0 Å².